The third-order valence-electron chi connectivity index (χ3n) is 5.73. The number of carbonyl (C=O) groups excluding carboxylic acids is 1. The van der Waals surface area contributed by atoms with Crippen molar-refractivity contribution >= 4 is 17.1 Å². The summed E-state index contributed by atoms with van der Waals surface area (Å²) in [6.45, 7) is 3.04. The lowest BCUT2D eigenvalue weighted by Crippen LogP contribution is -2.32. The highest BCUT2D eigenvalue weighted by Gasteiger charge is 2.18. The topological polar surface area (TPSA) is 55.4 Å². The number of hydrogen-bond acceptors (Lipinski definition) is 3. The molecule has 5 rings (SSSR count). The Kier molecular flexibility index (Phi) is 4.47. The molecule has 1 aromatic carbocycles. The molecule has 0 radical (unpaired) electrons. The Morgan fingerprint density at radius 1 is 0.967 bits per heavy atom. The zero-order chi connectivity index (χ0) is 20.7. The summed E-state index contributed by atoms with van der Waals surface area (Å²) in [6, 6.07) is 14.7. The first kappa shape index (κ1) is 18.4. The minimum Gasteiger partial charge on any atom is -0.339 e. The molecule has 1 amide bonds. The molecule has 0 saturated heterocycles. The van der Waals surface area contributed by atoms with Gasteiger partial charge in [-0.3, -0.25) is 13.9 Å². The molecule has 0 aliphatic carbocycles. The van der Waals surface area contributed by atoms with Crippen molar-refractivity contribution in [2.24, 2.45) is 7.05 Å². The van der Waals surface area contributed by atoms with Gasteiger partial charge in [0.15, 0.2) is 0 Å². The van der Waals surface area contributed by atoms with Crippen molar-refractivity contribution in [1.29, 1.82) is 0 Å². The fourth-order valence-corrected chi connectivity index (χ4v) is 4.08. The van der Waals surface area contributed by atoms with Gasteiger partial charge in [-0.25, -0.2) is 4.98 Å². The van der Waals surface area contributed by atoms with Crippen molar-refractivity contribution in [1.82, 2.24) is 24.1 Å². The van der Waals surface area contributed by atoms with Gasteiger partial charge in [0.25, 0.3) is 0 Å². The van der Waals surface area contributed by atoms with Gasteiger partial charge in [0.1, 0.15) is 5.65 Å². The van der Waals surface area contributed by atoms with Crippen LogP contribution in [0.5, 0.6) is 0 Å². The molecule has 0 spiro atoms. The zero-order valence-corrected chi connectivity index (χ0v) is 17.1. The van der Waals surface area contributed by atoms with Crippen LogP contribution >= 0.6 is 0 Å². The molecule has 0 saturated carbocycles. The maximum absolute atomic E-state index is 11.7. The number of carbonyl (C=O) groups is 1. The molecule has 6 heteroatoms. The number of imidazole rings is 1. The highest BCUT2D eigenvalue weighted by molar-refractivity contribution is 5.77. The van der Waals surface area contributed by atoms with Gasteiger partial charge in [-0.05, 0) is 29.7 Å². The number of benzene rings is 1. The Morgan fingerprint density at radius 3 is 2.43 bits per heavy atom. The number of rotatable bonds is 3. The summed E-state index contributed by atoms with van der Waals surface area (Å²) < 4.78 is 4.03. The van der Waals surface area contributed by atoms with Crippen LogP contribution in [0.3, 0.4) is 0 Å². The molecule has 0 unspecified atom stereocenters. The van der Waals surface area contributed by atoms with Gasteiger partial charge in [-0.15, -0.1) is 0 Å². The normalized spacial score (nSPS) is 14.2. The summed E-state index contributed by atoms with van der Waals surface area (Å²) in [5.41, 5.74) is 7.74. The molecular formula is C24H23N5O. The first-order valence-electron chi connectivity index (χ1n) is 10.1. The van der Waals surface area contributed by atoms with E-state index < -0.39 is 0 Å². The molecule has 150 valence electrons. The van der Waals surface area contributed by atoms with E-state index in [4.69, 9.17) is 0 Å². The van der Waals surface area contributed by atoms with Crippen molar-refractivity contribution in [3.63, 3.8) is 0 Å². The fraction of sp³-hybridized carbons (Fsp3) is 0.208. The van der Waals surface area contributed by atoms with Gasteiger partial charge in [0, 0.05) is 44.4 Å². The SMILES string of the molecule is CC(=O)N1CC=C(c2cccc3ncc(-c4ccc(-c5cnn(C)c5)cc4)n23)CC1. The molecular weight excluding hydrogens is 374 g/mol. The molecule has 6 nitrogen and oxygen atoms in total. The molecule has 4 heterocycles. The first-order valence-corrected chi connectivity index (χ1v) is 10.1. The van der Waals surface area contributed by atoms with Gasteiger partial charge >= 0.3 is 0 Å². The zero-order valence-electron chi connectivity index (χ0n) is 17.1. The van der Waals surface area contributed by atoms with Crippen molar-refractivity contribution in [3.8, 4) is 22.4 Å². The number of fused-ring (bicyclic) bond motifs is 1. The van der Waals surface area contributed by atoms with E-state index in [0.717, 1.165) is 46.7 Å². The Balaban J connectivity index is 1.54. The summed E-state index contributed by atoms with van der Waals surface area (Å²) in [6.07, 6.45) is 8.83. The molecule has 0 bridgehead atoms. The Bertz CT molecular complexity index is 1260. The first-order chi connectivity index (χ1) is 14.6. The summed E-state index contributed by atoms with van der Waals surface area (Å²) >= 11 is 0. The number of aromatic nitrogens is 4. The average Bonchev–Trinajstić information content (AvgIpc) is 3.40. The van der Waals surface area contributed by atoms with E-state index in [2.05, 4.69) is 50.9 Å². The maximum Gasteiger partial charge on any atom is 0.219 e. The van der Waals surface area contributed by atoms with E-state index in [-0.39, 0.29) is 5.91 Å². The van der Waals surface area contributed by atoms with Crippen LogP contribution in [0.4, 0.5) is 0 Å². The van der Waals surface area contributed by atoms with E-state index in [1.54, 1.807) is 6.92 Å². The second kappa shape index (κ2) is 7.30. The largest absolute Gasteiger partial charge is 0.339 e. The Labute approximate surface area is 175 Å². The smallest absolute Gasteiger partial charge is 0.219 e. The second-order valence-corrected chi connectivity index (χ2v) is 7.67. The molecule has 1 aliphatic heterocycles. The fourth-order valence-electron chi connectivity index (χ4n) is 4.08. The van der Waals surface area contributed by atoms with Crippen molar-refractivity contribution in [3.05, 3.63) is 72.8 Å². The number of aryl methyl sites for hydroxylation is 1. The van der Waals surface area contributed by atoms with E-state index in [0.29, 0.717) is 6.54 Å². The van der Waals surface area contributed by atoms with Gasteiger partial charge < -0.3 is 4.90 Å². The van der Waals surface area contributed by atoms with E-state index in [1.807, 2.05) is 47.4 Å². The van der Waals surface area contributed by atoms with E-state index in [1.165, 1.54) is 5.57 Å². The summed E-state index contributed by atoms with van der Waals surface area (Å²) in [5, 5.41) is 4.26. The molecule has 30 heavy (non-hydrogen) atoms. The van der Waals surface area contributed by atoms with Crippen LogP contribution < -0.4 is 0 Å². The number of pyridine rings is 1. The standard InChI is InChI=1S/C24H23N5O/c1-17(30)28-12-10-20(11-13-28)22-4-3-5-24-25-15-23(29(22)24)19-8-6-18(7-9-19)21-14-26-27(2)16-21/h3-10,14-16H,11-13H2,1-2H3. The predicted molar refractivity (Wildman–Crippen MR) is 118 cm³/mol. The molecule has 1 aliphatic rings. The molecule has 0 atom stereocenters. The second-order valence-electron chi connectivity index (χ2n) is 7.67. The van der Waals surface area contributed by atoms with Crippen molar-refractivity contribution in [2.45, 2.75) is 13.3 Å². The van der Waals surface area contributed by atoms with Crippen LogP contribution in [0.1, 0.15) is 19.0 Å². The van der Waals surface area contributed by atoms with E-state index in [9.17, 15) is 4.79 Å². The molecule has 0 fully saturated rings. The summed E-state index contributed by atoms with van der Waals surface area (Å²) in [4.78, 5) is 18.2. The summed E-state index contributed by atoms with van der Waals surface area (Å²) in [5.74, 6) is 0.125. The third-order valence-corrected chi connectivity index (χ3v) is 5.73. The van der Waals surface area contributed by atoms with Crippen LogP contribution in [0, 0.1) is 0 Å². The minimum atomic E-state index is 0.125. The monoisotopic (exact) mass is 397 g/mol. The highest BCUT2D eigenvalue weighted by Crippen LogP contribution is 2.30. The lowest BCUT2D eigenvalue weighted by Gasteiger charge is -2.26. The number of amides is 1. The van der Waals surface area contributed by atoms with E-state index >= 15 is 0 Å². The third kappa shape index (κ3) is 3.20. The molecule has 0 N–H and O–H groups in total. The predicted octanol–water partition coefficient (Wildman–Crippen LogP) is 4.04. The maximum atomic E-state index is 11.7. The Hall–Kier alpha value is -3.67. The number of hydrogen-bond donors (Lipinski definition) is 0. The quantitative estimate of drug-likeness (QED) is 0.524. The van der Waals surface area contributed by atoms with Crippen LogP contribution in [0.25, 0.3) is 33.6 Å². The highest BCUT2D eigenvalue weighted by atomic mass is 16.2. The van der Waals surface area contributed by atoms with Crippen LogP contribution in [-0.4, -0.2) is 43.1 Å². The molecule has 4 aromatic rings. The molecule has 3 aromatic heterocycles. The lowest BCUT2D eigenvalue weighted by molar-refractivity contribution is -0.128. The van der Waals surface area contributed by atoms with Crippen molar-refractivity contribution in [2.75, 3.05) is 13.1 Å². The lowest BCUT2D eigenvalue weighted by atomic mass is 10.0. The summed E-state index contributed by atoms with van der Waals surface area (Å²) in [7, 11) is 1.92. The minimum absolute atomic E-state index is 0.125. The average molecular weight is 397 g/mol. The van der Waals surface area contributed by atoms with Gasteiger partial charge in [-0.2, -0.15) is 5.10 Å². The van der Waals surface area contributed by atoms with Crippen LogP contribution in [0.15, 0.2) is 67.1 Å². The van der Waals surface area contributed by atoms with Gasteiger partial charge in [0.05, 0.1) is 23.8 Å². The van der Waals surface area contributed by atoms with Gasteiger partial charge in [0.2, 0.25) is 5.91 Å². The number of nitrogens with zero attached hydrogens (tertiary/aromatic N) is 5. The van der Waals surface area contributed by atoms with Gasteiger partial charge in [-0.1, -0.05) is 36.4 Å². The van der Waals surface area contributed by atoms with Crippen molar-refractivity contribution < 1.29 is 4.79 Å². The Morgan fingerprint density at radius 2 is 1.77 bits per heavy atom. The van der Waals surface area contributed by atoms with Crippen LogP contribution in [0.2, 0.25) is 0 Å². The van der Waals surface area contributed by atoms with Crippen LogP contribution in [-0.2, 0) is 11.8 Å².